The number of fused-ring (bicyclic) bond motifs is 1. The maximum Gasteiger partial charge on any atom is 0.120 e. The minimum absolute atomic E-state index is 0.903. The molecule has 2 nitrogen and oxygen atoms in total. The fraction of sp³-hybridized carbons (Fsp3) is 0.0714. The molecule has 0 spiro atoms. The van der Waals surface area contributed by atoms with Crippen LogP contribution in [0.3, 0.4) is 0 Å². The topological polar surface area (TPSA) is 22.1 Å². The molecule has 3 rings (SSSR count). The molecular formula is C14H11NOS. The van der Waals surface area contributed by atoms with E-state index in [1.54, 1.807) is 18.4 Å². The Balaban J connectivity index is 2.19. The van der Waals surface area contributed by atoms with E-state index >= 15 is 0 Å². The predicted molar refractivity (Wildman–Crippen MR) is 71.6 cm³/mol. The van der Waals surface area contributed by atoms with Gasteiger partial charge >= 0.3 is 0 Å². The minimum Gasteiger partial charge on any atom is -0.497 e. The summed E-state index contributed by atoms with van der Waals surface area (Å²) in [5.74, 6) is 0.903. The monoisotopic (exact) mass is 241 g/mol. The molecule has 3 heteroatoms. The van der Waals surface area contributed by atoms with Crippen LogP contribution in [0.15, 0.2) is 48.1 Å². The van der Waals surface area contributed by atoms with Crippen LogP contribution in [0.4, 0.5) is 0 Å². The highest BCUT2D eigenvalue weighted by atomic mass is 32.1. The Bertz CT molecular complexity index is 646. The summed E-state index contributed by atoms with van der Waals surface area (Å²) in [6.07, 6.45) is 3.64. The van der Waals surface area contributed by atoms with Crippen molar-refractivity contribution < 1.29 is 4.74 Å². The van der Waals surface area contributed by atoms with Gasteiger partial charge in [-0.05, 0) is 41.3 Å². The summed E-state index contributed by atoms with van der Waals surface area (Å²) in [5.41, 5.74) is 2.46. The van der Waals surface area contributed by atoms with E-state index in [9.17, 15) is 0 Å². The predicted octanol–water partition coefficient (Wildman–Crippen LogP) is 3.97. The molecule has 0 aliphatic heterocycles. The average Bonchev–Trinajstić information content (AvgIpc) is 2.82. The minimum atomic E-state index is 0.903. The third-order valence-corrected chi connectivity index (χ3v) is 3.72. The van der Waals surface area contributed by atoms with Crippen molar-refractivity contribution in [2.45, 2.75) is 0 Å². The molecule has 0 saturated carbocycles. The first-order valence-electron chi connectivity index (χ1n) is 5.34. The van der Waals surface area contributed by atoms with E-state index in [1.165, 1.54) is 21.2 Å². The molecule has 2 heterocycles. The first kappa shape index (κ1) is 10.3. The largest absolute Gasteiger partial charge is 0.497 e. The maximum atomic E-state index is 5.23. The Hall–Kier alpha value is -1.87. The van der Waals surface area contributed by atoms with Crippen molar-refractivity contribution in [2.24, 2.45) is 0 Å². The summed E-state index contributed by atoms with van der Waals surface area (Å²) in [6.45, 7) is 0. The van der Waals surface area contributed by atoms with Gasteiger partial charge in [0.05, 0.1) is 7.11 Å². The summed E-state index contributed by atoms with van der Waals surface area (Å²) in [5, 5.41) is 3.45. The fourth-order valence-corrected chi connectivity index (χ4v) is 2.89. The Morgan fingerprint density at radius 2 is 1.94 bits per heavy atom. The third kappa shape index (κ3) is 1.78. The Morgan fingerprint density at radius 1 is 1.12 bits per heavy atom. The highest BCUT2D eigenvalue weighted by molar-refractivity contribution is 7.17. The van der Waals surface area contributed by atoms with Crippen LogP contribution in [0.25, 0.3) is 21.2 Å². The van der Waals surface area contributed by atoms with Gasteiger partial charge in [0.2, 0.25) is 0 Å². The zero-order valence-corrected chi connectivity index (χ0v) is 10.2. The maximum absolute atomic E-state index is 5.23. The zero-order valence-electron chi connectivity index (χ0n) is 9.38. The van der Waals surface area contributed by atoms with Crippen molar-refractivity contribution in [1.29, 1.82) is 0 Å². The van der Waals surface area contributed by atoms with Crippen LogP contribution >= 0.6 is 11.3 Å². The van der Waals surface area contributed by atoms with Gasteiger partial charge in [0.1, 0.15) is 5.75 Å². The molecule has 84 valence electrons. The van der Waals surface area contributed by atoms with Crippen LogP contribution in [0.5, 0.6) is 5.75 Å². The lowest BCUT2D eigenvalue weighted by Gasteiger charge is -2.01. The van der Waals surface area contributed by atoms with Crippen LogP contribution in [0.2, 0.25) is 0 Å². The quantitative estimate of drug-likeness (QED) is 0.677. The van der Waals surface area contributed by atoms with E-state index in [2.05, 4.69) is 22.5 Å². The van der Waals surface area contributed by atoms with E-state index in [0.717, 1.165) is 5.75 Å². The molecular weight excluding hydrogens is 230 g/mol. The first-order valence-corrected chi connectivity index (χ1v) is 6.22. The smallest absolute Gasteiger partial charge is 0.120 e. The van der Waals surface area contributed by atoms with Gasteiger partial charge in [-0.2, -0.15) is 0 Å². The number of rotatable bonds is 2. The number of methoxy groups -OCH3 is 1. The number of hydrogen-bond donors (Lipinski definition) is 0. The van der Waals surface area contributed by atoms with Gasteiger partial charge in [0, 0.05) is 28.0 Å². The zero-order chi connectivity index (χ0) is 11.7. The highest BCUT2D eigenvalue weighted by Gasteiger charge is 2.06. The molecule has 0 N–H and O–H groups in total. The van der Waals surface area contributed by atoms with E-state index in [1.807, 2.05) is 30.6 Å². The second-order valence-electron chi connectivity index (χ2n) is 3.75. The summed E-state index contributed by atoms with van der Waals surface area (Å²) in [6, 6.07) is 10.3. The SMILES string of the molecule is COc1ccc2c(-c3ccncc3)csc2c1. The number of aromatic nitrogens is 1. The molecule has 0 aliphatic rings. The molecule has 0 atom stereocenters. The number of pyridine rings is 1. The molecule has 1 aromatic carbocycles. The summed E-state index contributed by atoms with van der Waals surface area (Å²) in [4.78, 5) is 4.05. The molecule has 0 fully saturated rings. The first-order chi connectivity index (χ1) is 8.38. The molecule has 3 aromatic rings. The van der Waals surface area contributed by atoms with Gasteiger partial charge in [-0.1, -0.05) is 0 Å². The van der Waals surface area contributed by atoms with Crippen molar-refractivity contribution in [2.75, 3.05) is 7.11 Å². The van der Waals surface area contributed by atoms with Crippen molar-refractivity contribution in [1.82, 2.24) is 4.98 Å². The number of benzene rings is 1. The van der Waals surface area contributed by atoms with Crippen LogP contribution in [-0.2, 0) is 0 Å². The Labute approximate surface area is 104 Å². The van der Waals surface area contributed by atoms with Gasteiger partial charge in [0.15, 0.2) is 0 Å². The normalized spacial score (nSPS) is 10.6. The van der Waals surface area contributed by atoms with Gasteiger partial charge < -0.3 is 4.74 Å². The molecule has 0 unspecified atom stereocenters. The van der Waals surface area contributed by atoms with E-state index in [0.29, 0.717) is 0 Å². The molecule has 0 bridgehead atoms. The molecule has 0 radical (unpaired) electrons. The number of thiophene rings is 1. The van der Waals surface area contributed by atoms with E-state index < -0.39 is 0 Å². The van der Waals surface area contributed by atoms with Crippen molar-refractivity contribution in [3.8, 4) is 16.9 Å². The molecule has 2 aromatic heterocycles. The number of ether oxygens (including phenoxy) is 1. The van der Waals surface area contributed by atoms with Crippen LogP contribution in [0, 0.1) is 0 Å². The van der Waals surface area contributed by atoms with Crippen LogP contribution in [0.1, 0.15) is 0 Å². The Morgan fingerprint density at radius 3 is 2.71 bits per heavy atom. The number of nitrogens with zero attached hydrogens (tertiary/aromatic N) is 1. The van der Waals surface area contributed by atoms with Gasteiger partial charge in [-0.15, -0.1) is 11.3 Å². The third-order valence-electron chi connectivity index (χ3n) is 2.77. The van der Waals surface area contributed by atoms with E-state index in [4.69, 9.17) is 4.74 Å². The summed E-state index contributed by atoms with van der Waals surface area (Å²) in [7, 11) is 1.69. The van der Waals surface area contributed by atoms with Gasteiger partial charge in [-0.25, -0.2) is 0 Å². The lowest BCUT2D eigenvalue weighted by Crippen LogP contribution is -1.81. The lowest BCUT2D eigenvalue weighted by atomic mass is 10.1. The average molecular weight is 241 g/mol. The second-order valence-corrected chi connectivity index (χ2v) is 4.66. The van der Waals surface area contributed by atoms with Gasteiger partial charge in [-0.3, -0.25) is 4.98 Å². The molecule has 0 aliphatic carbocycles. The molecule has 17 heavy (non-hydrogen) atoms. The van der Waals surface area contributed by atoms with Gasteiger partial charge in [0.25, 0.3) is 0 Å². The molecule has 0 saturated heterocycles. The fourth-order valence-electron chi connectivity index (χ4n) is 1.89. The lowest BCUT2D eigenvalue weighted by molar-refractivity contribution is 0.415. The highest BCUT2D eigenvalue weighted by Crippen LogP contribution is 2.35. The number of hydrogen-bond acceptors (Lipinski definition) is 3. The Kier molecular flexibility index (Phi) is 2.53. The van der Waals surface area contributed by atoms with E-state index in [-0.39, 0.29) is 0 Å². The van der Waals surface area contributed by atoms with Crippen molar-refractivity contribution in [3.05, 3.63) is 48.1 Å². The van der Waals surface area contributed by atoms with Crippen LogP contribution in [-0.4, -0.2) is 12.1 Å². The van der Waals surface area contributed by atoms with Crippen LogP contribution < -0.4 is 4.74 Å². The van der Waals surface area contributed by atoms with Crippen molar-refractivity contribution in [3.63, 3.8) is 0 Å². The standard InChI is InChI=1S/C14H11NOS/c1-16-11-2-3-12-13(9-17-14(12)8-11)10-4-6-15-7-5-10/h2-9H,1H3. The second kappa shape index (κ2) is 4.18. The summed E-state index contributed by atoms with van der Waals surface area (Å²) >= 11 is 1.74. The summed E-state index contributed by atoms with van der Waals surface area (Å²) < 4.78 is 6.48. The molecule has 0 amide bonds. The van der Waals surface area contributed by atoms with Crippen molar-refractivity contribution >= 4 is 21.4 Å².